The maximum Gasteiger partial charge on any atom is 0.414 e. The smallest absolute Gasteiger partial charge is 0.414 e. The van der Waals surface area contributed by atoms with Crippen molar-refractivity contribution in [1.82, 2.24) is 9.78 Å². The van der Waals surface area contributed by atoms with E-state index in [1.807, 2.05) is 16.9 Å². The Morgan fingerprint density at radius 3 is 2.67 bits per heavy atom. The lowest BCUT2D eigenvalue weighted by molar-refractivity contribution is -0.117. The Bertz CT molecular complexity index is 960. The summed E-state index contributed by atoms with van der Waals surface area (Å²) in [5, 5.41) is 4.37. The van der Waals surface area contributed by atoms with Gasteiger partial charge < -0.3 is 14.4 Å². The van der Waals surface area contributed by atoms with Crippen LogP contribution in [0.5, 0.6) is 0 Å². The summed E-state index contributed by atoms with van der Waals surface area (Å²) in [6.07, 6.45) is -0.0148. The zero-order valence-electron chi connectivity index (χ0n) is 16.6. The van der Waals surface area contributed by atoms with Crippen LogP contribution in [0, 0.1) is 0 Å². The van der Waals surface area contributed by atoms with Crippen molar-refractivity contribution in [3.63, 3.8) is 0 Å². The predicted octanol–water partition coefficient (Wildman–Crippen LogP) is 3.08. The number of aromatic nitrogens is 2. The lowest BCUT2D eigenvalue weighted by Crippen LogP contribution is -2.51. The molecule has 3 heterocycles. The van der Waals surface area contributed by atoms with Gasteiger partial charge in [-0.2, -0.15) is 5.10 Å². The molecule has 2 aromatic rings. The largest absolute Gasteiger partial charge is 0.443 e. The van der Waals surface area contributed by atoms with Crippen molar-refractivity contribution in [3.05, 3.63) is 30.6 Å². The molecule has 0 spiro atoms. The second kappa shape index (κ2) is 8.02. The van der Waals surface area contributed by atoms with Crippen molar-refractivity contribution < 1.29 is 27.8 Å². The number of amides is 2. The number of rotatable bonds is 4. The zero-order valence-corrected chi connectivity index (χ0v) is 16.6. The number of benzene rings is 1. The fraction of sp³-hybridized carbons (Fsp3) is 0.450. The van der Waals surface area contributed by atoms with Crippen LogP contribution in [0.25, 0.3) is 11.1 Å². The number of halogens is 2. The van der Waals surface area contributed by atoms with Gasteiger partial charge >= 0.3 is 6.09 Å². The molecule has 10 heteroatoms. The molecule has 0 unspecified atom stereocenters. The highest BCUT2D eigenvalue weighted by Crippen LogP contribution is 2.39. The molecule has 0 aliphatic carbocycles. The summed E-state index contributed by atoms with van der Waals surface area (Å²) < 4.78 is 36.8. The topological polar surface area (TPSA) is 76.9 Å². The third-order valence-corrected chi connectivity index (χ3v) is 5.24. The Morgan fingerprint density at radius 1 is 1.27 bits per heavy atom. The Morgan fingerprint density at radius 2 is 2.03 bits per heavy atom. The Labute approximate surface area is 171 Å². The van der Waals surface area contributed by atoms with Crippen LogP contribution in [0.15, 0.2) is 30.6 Å². The van der Waals surface area contributed by atoms with E-state index < -0.39 is 19.1 Å². The van der Waals surface area contributed by atoms with Gasteiger partial charge in [-0.3, -0.25) is 14.4 Å². The number of carbonyl (C=O) groups excluding carboxylic acids is 2. The highest BCUT2D eigenvalue weighted by Gasteiger charge is 2.35. The number of anilines is 2. The molecule has 1 aromatic carbocycles. The van der Waals surface area contributed by atoms with Crippen molar-refractivity contribution in [3.8, 4) is 11.1 Å². The van der Waals surface area contributed by atoms with Crippen LogP contribution in [0.1, 0.15) is 19.9 Å². The fourth-order valence-electron chi connectivity index (χ4n) is 3.73. The van der Waals surface area contributed by atoms with E-state index in [-0.39, 0.29) is 24.5 Å². The van der Waals surface area contributed by atoms with Gasteiger partial charge in [0.1, 0.15) is 0 Å². The second-order valence-corrected chi connectivity index (χ2v) is 7.42. The highest BCUT2D eigenvalue weighted by atomic mass is 19.3. The van der Waals surface area contributed by atoms with Crippen LogP contribution >= 0.6 is 0 Å². The lowest BCUT2D eigenvalue weighted by atomic mass is 10.0. The molecule has 4 rings (SSSR count). The predicted molar refractivity (Wildman–Crippen MR) is 105 cm³/mol. The minimum Gasteiger partial charge on any atom is -0.443 e. The molecule has 1 aromatic heterocycles. The van der Waals surface area contributed by atoms with Crippen molar-refractivity contribution in [2.45, 2.75) is 32.4 Å². The van der Waals surface area contributed by atoms with Crippen LogP contribution in [0.2, 0.25) is 0 Å². The molecule has 160 valence electrons. The molecule has 30 heavy (non-hydrogen) atoms. The van der Waals surface area contributed by atoms with Crippen LogP contribution in [0.3, 0.4) is 0 Å². The molecule has 0 saturated carbocycles. The van der Waals surface area contributed by atoms with E-state index in [2.05, 4.69) is 5.10 Å². The number of ether oxygens (including phenoxy) is 2. The number of nitrogens with zero attached hydrogens (tertiary/aromatic N) is 4. The summed E-state index contributed by atoms with van der Waals surface area (Å²) in [6, 6.07) is 5.21. The van der Waals surface area contributed by atoms with Gasteiger partial charge in [-0.05, 0) is 24.6 Å². The van der Waals surface area contributed by atoms with Gasteiger partial charge in [0.15, 0.2) is 6.61 Å². The molecule has 0 bridgehead atoms. The number of hydrogen-bond acceptors (Lipinski definition) is 5. The summed E-state index contributed by atoms with van der Waals surface area (Å²) in [7, 11) is 0. The molecule has 2 aliphatic heterocycles. The monoisotopic (exact) mass is 420 g/mol. The minimum atomic E-state index is -2.75. The maximum atomic E-state index is 12.5. The Kier molecular flexibility index (Phi) is 5.42. The molecule has 2 amide bonds. The minimum absolute atomic E-state index is 0.136. The van der Waals surface area contributed by atoms with Gasteiger partial charge in [0, 0.05) is 25.2 Å². The van der Waals surface area contributed by atoms with Gasteiger partial charge in [0.2, 0.25) is 5.91 Å². The zero-order chi connectivity index (χ0) is 21.4. The summed E-state index contributed by atoms with van der Waals surface area (Å²) in [5.41, 5.74) is 2.57. The SMILES string of the molecule is CC(=O)N1c2ccc(-c3cnn(C4COC4)c3)cc2N(C(=O)OCC(F)F)C[C@@H]1C. The number of fused-ring (bicyclic) bond motifs is 1. The normalized spacial score (nSPS) is 18.9. The third-order valence-electron chi connectivity index (χ3n) is 5.24. The first kappa shape index (κ1) is 20.3. The van der Waals surface area contributed by atoms with Gasteiger partial charge in [-0.25, -0.2) is 13.6 Å². The average Bonchev–Trinajstić information content (AvgIpc) is 3.12. The molecular formula is C20H22F2N4O4. The van der Waals surface area contributed by atoms with Crippen LogP contribution in [-0.2, 0) is 14.3 Å². The number of alkyl halides is 2. The first-order chi connectivity index (χ1) is 14.3. The lowest BCUT2D eigenvalue weighted by Gasteiger charge is -2.40. The van der Waals surface area contributed by atoms with E-state index in [0.29, 0.717) is 24.6 Å². The van der Waals surface area contributed by atoms with E-state index in [0.717, 1.165) is 11.1 Å². The van der Waals surface area contributed by atoms with Gasteiger partial charge in [0.25, 0.3) is 6.43 Å². The molecule has 1 fully saturated rings. The molecule has 1 saturated heterocycles. The number of carbonyl (C=O) groups is 2. The van der Waals surface area contributed by atoms with Crippen LogP contribution in [0.4, 0.5) is 25.0 Å². The third kappa shape index (κ3) is 3.74. The second-order valence-electron chi connectivity index (χ2n) is 7.42. The Balaban J connectivity index is 1.70. The first-order valence-electron chi connectivity index (χ1n) is 9.63. The summed E-state index contributed by atoms with van der Waals surface area (Å²) in [5.74, 6) is -0.171. The van der Waals surface area contributed by atoms with E-state index >= 15 is 0 Å². The fourth-order valence-corrected chi connectivity index (χ4v) is 3.73. The molecule has 0 N–H and O–H groups in total. The van der Waals surface area contributed by atoms with Crippen LogP contribution in [-0.4, -0.2) is 60.6 Å². The van der Waals surface area contributed by atoms with E-state index in [1.54, 1.807) is 30.2 Å². The number of hydrogen-bond donors (Lipinski definition) is 0. The molecule has 8 nitrogen and oxygen atoms in total. The summed E-state index contributed by atoms with van der Waals surface area (Å²) in [4.78, 5) is 27.6. The quantitative estimate of drug-likeness (QED) is 0.760. The molecule has 0 radical (unpaired) electrons. The van der Waals surface area contributed by atoms with E-state index in [4.69, 9.17) is 9.47 Å². The van der Waals surface area contributed by atoms with E-state index in [9.17, 15) is 18.4 Å². The van der Waals surface area contributed by atoms with Gasteiger partial charge in [-0.1, -0.05) is 6.07 Å². The van der Waals surface area contributed by atoms with Crippen molar-refractivity contribution in [2.24, 2.45) is 0 Å². The molecule has 1 atom stereocenters. The standard InChI is InChI=1S/C20H22F2N4O4/c1-12-7-24(20(28)30-11-19(21)22)18-5-14(3-4-17(18)26(12)13(2)27)15-6-23-25(8-15)16-9-29-10-16/h3-6,8,12,16,19H,7,9-11H2,1-2H3/t12-/m0/s1. The van der Waals surface area contributed by atoms with Gasteiger partial charge in [-0.15, -0.1) is 0 Å². The molecular weight excluding hydrogens is 398 g/mol. The highest BCUT2D eigenvalue weighted by molar-refractivity contribution is 6.03. The van der Waals surface area contributed by atoms with Crippen molar-refractivity contribution in [1.29, 1.82) is 0 Å². The summed E-state index contributed by atoms with van der Waals surface area (Å²) in [6.45, 7) is 3.61. The summed E-state index contributed by atoms with van der Waals surface area (Å²) >= 11 is 0. The van der Waals surface area contributed by atoms with Crippen molar-refractivity contribution in [2.75, 3.05) is 36.2 Å². The maximum absolute atomic E-state index is 12.5. The van der Waals surface area contributed by atoms with E-state index in [1.165, 1.54) is 11.8 Å². The average molecular weight is 420 g/mol. The first-order valence-corrected chi connectivity index (χ1v) is 9.63. The van der Waals surface area contributed by atoms with Gasteiger partial charge in [0.05, 0.1) is 42.9 Å². The van der Waals surface area contributed by atoms with Crippen LogP contribution < -0.4 is 9.80 Å². The Hall–Kier alpha value is -3.01. The van der Waals surface area contributed by atoms with Crippen molar-refractivity contribution >= 4 is 23.4 Å². The molecule has 2 aliphatic rings.